The monoisotopic (exact) mass is 399 g/mol. The highest BCUT2D eigenvalue weighted by Gasteiger charge is 2.16. The van der Waals surface area contributed by atoms with Crippen molar-refractivity contribution in [2.75, 3.05) is 20.8 Å². The van der Waals surface area contributed by atoms with E-state index in [0.717, 1.165) is 30.8 Å². The van der Waals surface area contributed by atoms with E-state index in [1.54, 1.807) is 26.4 Å². The second-order valence-electron chi connectivity index (χ2n) is 6.93. The molecular weight excluding hydrogens is 373 g/mol. The molecule has 0 radical (unpaired) electrons. The Kier molecular flexibility index (Phi) is 6.69. The molecule has 0 fully saturated rings. The van der Waals surface area contributed by atoms with E-state index in [9.17, 15) is 9.18 Å². The minimum atomic E-state index is -0.349. The first-order valence-corrected chi connectivity index (χ1v) is 9.59. The van der Waals surface area contributed by atoms with Crippen molar-refractivity contribution in [3.63, 3.8) is 0 Å². The van der Waals surface area contributed by atoms with Crippen molar-refractivity contribution in [1.29, 1.82) is 0 Å². The molecule has 7 heteroatoms. The number of methoxy groups -OCH3 is 2. The van der Waals surface area contributed by atoms with E-state index in [2.05, 4.69) is 15.6 Å². The van der Waals surface area contributed by atoms with Crippen molar-refractivity contribution in [1.82, 2.24) is 10.6 Å². The molecule has 1 aliphatic rings. The van der Waals surface area contributed by atoms with Crippen LogP contribution in [0.3, 0.4) is 0 Å². The van der Waals surface area contributed by atoms with Crippen molar-refractivity contribution in [3.8, 4) is 11.5 Å². The van der Waals surface area contributed by atoms with Gasteiger partial charge in [0.05, 0.1) is 26.1 Å². The van der Waals surface area contributed by atoms with E-state index in [4.69, 9.17) is 9.47 Å². The van der Waals surface area contributed by atoms with E-state index in [0.29, 0.717) is 29.2 Å². The lowest BCUT2D eigenvalue weighted by Gasteiger charge is -2.17. The summed E-state index contributed by atoms with van der Waals surface area (Å²) in [5, 5.41) is 6.09. The van der Waals surface area contributed by atoms with E-state index >= 15 is 0 Å². The van der Waals surface area contributed by atoms with Gasteiger partial charge < -0.3 is 20.1 Å². The van der Waals surface area contributed by atoms with Gasteiger partial charge >= 0.3 is 0 Å². The molecule has 1 unspecified atom stereocenters. The molecule has 1 atom stereocenters. The van der Waals surface area contributed by atoms with Gasteiger partial charge in [-0.25, -0.2) is 4.39 Å². The Morgan fingerprint density at radius 2 is 1.90 bits per heavy atom. The zero-order valence-corrected chi connectivity index (χ0v) is 16.9. The Hall–Kier alpha value is -3.09. The summed E-state index contributed by atoms with van der Waals surface area (Å²) in [6.45, 7) is 2.98. The summed E-state index contributed by atoms with van der Waals surface area (Å²) in [4.78, 5) is 17.0. The fourth-order valence-corrected chi connectivity index (χ4v) is 3.18. The highest BCUT2D eigenvalue weighted by Crippen LogP contribution is 2.26. The summed E-state index contributed by atoms with van der Waals surface area (Å²) in [5.74, 6) is 1.55. The van der Waals surface area contributed by atoms with Gasteiger partial charge in [0.25, 0.3) is 5.91 Å². The molecular formula is C22H26FN3O3. The smallest absolute Gasteiger partial charge is 0.251 e. The Morgan fingerprint density at radius 3 is 2.52 bits per heavy atom. The number of nitrogens with zero attached hydrogens (tertiary/aromatic N) is 1. The van der Waals surface area contributed by atoms with E-state index in [1.807, 2.05) is 19.1 Å². The summed E-state index contributed by atoms with van der Waals surface area (Å²) in [6, 6.07) is 9.55. The Labute approximate surface area is 170 Å². The standard InChI is InChI=1S/C22H26FN3O3/c1-14(16-10-18(28-2)12-19(11-16)29-3)26-22(27)15-6-7-20(23)17(9-15)13-25-21-5-4-8-24-21/h6-7,9-12,14H,4-5,8,13H2,1-3H3,(H,24,25)(H,26,27). The molecule has 2 aromatic rings. The number of carbonyl (C=O) groups excluding carboxylic acids is 1. The highest BCUT2D eigenvalue weighted by atomic mass is 19.1. The topological polar surface area (TPSA) is 72.0 Å². The second kappa shape index (κ2) is 9.41. The van der Waals surface area contributed by atoms with Crippen LogP contribution in [0.1, 0.15) is 47.3 Å². The summed E-state index contributed by atoms with van der Waals surface area (Å²) in [5.41, 5.74) is 1.68. The number of benzene rings is 2. The molecule has 0 spiro atoms. The van der Waals surface area contributed by atoms with Gasteiger partial charge in [-0.05, 0) is 49.2 Å². The molecule has 154 valence electrons. The van der Waals surface area contributed by atoms with Crippen LogP contribution >= 0.6 is 0 Å². The Bertz CT molecular complexity index is 892. The van der Waals surface area contributed by atoms with Crippen LogP contribution in [0.4, 0.5) is 4.39 Å². The quantitative estimate of drug-likeness (QED) is 0.746. The van der Waals surface area contributed by atoms with Crippen LogP contribution in [0, 0.1) is 5.82 Å². The summed E-state index contributed by atoms with van der Waals surface area (Å²) >= 11 is 0. The van der Waals surface area contributed by atoms with Crippen LogP contribution in [0.15, 0.2) is 41.4 Å². The predicted molar refractivity (Wildman–Crippen MR) is 110 cm³/mol. The van der Waals surface area contributed by atoms with Gasteiger partial charge in [0, 0.05) is 36.7 Å². The first-order chi connectivity index (χ1) is 14.0. The van der Waals surface area contributed by atoms with Crippen LogP contribution in [0.5, 0.6) is 11.5 Å². The number of amidine groups is 1. The average molecular weight is 399 g/mol. The number of amides is 1. The molecule has 1 heterocycles. The number of carbonyl (C=O) groups is 1. The molecule has 2 N–H and O–H groups in total. The maximum atomic E-state index is 14.2. The lowest BCUT2D eigenvalue weighted by Crippen LogP contribution is -2.27. The Morgan fingerprint density at radius 1 is 1.17 bits per heavy atom. The molecule has 29 heavy (non-hydrogen) atoms. The van der Waals surface area contributed by atoms with E-state index in [1.165, 1.54) is 12.1 Å². The zero-order chi connectivity index (χ0) is 20.8. The van der Waals surface area contributed by atoms with Gasteiger partial charge in [-0.1, -0.05) is 0 Å². The normalized spacial score (nSPS) is 14.1. The highest BCUT2D eigenvalue weighted by molar-refractivity contribution is 5.94. The average Bonchev–Trinajstić information content (AvgIpc) is 3.26. The van der Waals surface area contributed by atoms with Gasteiger partial charge in [-0.2, -0.15) is 0 Å². The van der Waals surface area contributed by atoms with Crippen LogP contribution in [0.25, 0.3) is 0 Å². The number of rotatable bonds is 7. The van der Waals surface area contributed by atoms with Gasteiger partial charge in [0.2, 0.25) is 0 Å². The van der Waals surface area contributed by atoms with Gasteiger partial charge in [0.15, 0.2) is 0 Å². The first-order valence-electron chi connectivity index (χ1n) is 9.59. The molecule has 1 amide bonds. The molecule has 0 bridgehead atoms. The molecule has 1 aliphatic heterocycles. The minimum Gasteiger partial charge on any atom is -0.497 e. The summed E-state index contributed by atoms with van der Waals surface area (Å²) in [7, 11) is 3.15. The van der Waals surface area contributed by atoms with Crippen molar-refractivity contribution >= 4 is 11.7 Å². The maximum absolute atomic E-state index is 14.2. The van der Waals surface area contributed by atoms with Crippen LogP contribution in [-0.4, -0.2) is 32.5 Å². The lowest BCUT2D eigenvalue weighted by molar-refractivity contribution is 0.0939. The summed E-state index contributed by atoms with van der Waals surface area (Å²) < 4.78 is 24.7. The van der Waals surface area contributed by atoms with Gasteiger partial charge in [-0.15, -0.1) is 0 Å². The third-order valence-electron chi connectivity index (χ3n) is 4.89. The van der Waals surface area contributed by atoms with Crippen LogP contribution in [0.2, 0.25) is 0 Å². The SMILES string of the molecule is COc1cc(OC)cc(C(C)NC(=O)c2ccc(F)c(CNC3=NCCC3)c2)c1. The van der Waals surface area contributed by atoms with Crippen LogP contribution in [-0.2, 0) is 6.54 Å². The van der Waals surface area contributed by atoms with Gasteiger partial charge in [0.1, 0.15) is 17.3 Å². The number of nitrogens with one attached hydrogen (secondary N) is 2. The Balaban J connectivity index is 1.70. The molecule has 3 rings (SSSR count). The predicted octanol–water partition coefficient (Wildman–Crippen LogP) is 3.62. The van der Waals surface area contributed by atoms with Crippen molar-refractivity contribution in [3.05, 3.63) is 58.9 Å². The zero-order valence-electron chi connectivity index (χ0n) is 16.9. The number of hydrogen-bond acceptors (Lipinski definition) is 5. The fourth-order valence-electron chi connectivity index (χ4n) is 3.18. The second-order valence-corrected chi connectivity index (χ2v) is 6.93. The van der Waals surface area contributed by atoms with Crippen molar-refractivity contribution in [2.45, 2.75) is 32.4 Å². The molecule has 0 saturated carbocycles. The van der Waals surface area contributed by atoms with Crippen molar-refractivity contribution in [2.24, 2.45) is 4.99 Å². The number of hydrogen-bond donors (Lipinski definition) is 2. The van der Waals surface area contributed by atoms with Gasteiger partial charge in [-0.3, -0.25) is 9.79 Å². The van der Waals surface area contributed by atoms with Crippen LogP contribution < -0.4 is 20.1 Å². The third-order valence-corrected chi connectivity index (χ3v) is 4.89. The van der Waals surface area contributed by atoms with E-state index < -0.39 is 0 Å². The summed E-state index contributed by atoms with van der Waals surface area (Å²) in [6.07, 6.45) is 1.89. The maximum Gasteiger partial charge on any atom is 0.251 e. The molecule has 0 saturated heterocycles. The molecule has 0 aliphatic carbocycles. The molecule has 2 aromatic carbocycles. The largest absolute Gasteiger partial charge is 0.497 e. The molecule has 0 aromatic heterocycles. The van der Waals surface area contributed by atoms with Crippen molar-refractivity contribution < 1.29 is 18.7 Å². The lowest BCUT2D eigenvalue weighted by atomic mass is 10.1. The number of aliphatic imine (C=N–C) groups is 1. The number of halogens is 1. The van der Waals surface area contributed by atoms with E-state index in [-0.39, 0.29) is 17.8 Å². The number of ether oxygens (including phenoxy) is 2. The molecule has 6 nitrogen and oxygen atoms in total. The minimum absolute atomic E-state index is 0.279. The third kappa shape index (κ3) is 5.25. The first kappa shape index (κ1) is 20.6. The fraction of sp³-hybridized carbons (Fsp3) is 0.364.